The molecule has 3 aromatic carbocycles. The van der Waals surface area contributed by atoms with Crippen LogP contribution in [0.4, 0.5) is 0 Å². The van der Waals surface area contributed by atoms with Crippen LogP contribution in [0.2, 0.25) is 0 Å². The molecule has 0 atom stereocenters. The zero-order valence-corrected chi connectivity index (χ0v) is 21.4. The maximum absolute atomic E-state index is 12.8. The van der Waals surface area contributed by atoms with E-state index in [4.69, 9.17) is 13.7 Å². The van der Waals surface area contributed by atoms with Gasteiger partial charge in [0, 0.05) is 18.2 Å². The summed E-state index contributed by atoms with van der Waals surface area (Å²) < 4.78 is 38.6. The Morgan fingerprint density at radius 2 is 1.71 bits per heavy atom. The van der Waals surface area contributed by atoms with Gasteiger partial charge in [0.05, 0.1) is 29.7 Å². The molecule has 0 radical (unpaired) electrons. The van der Waals surface area contributed by atoms with Crippen LogP contribution in [0, 0.1) is 11.3 Å². The van der Waals surface area contributed by atoms with Gasteiger partial charge in [-0.25, -0.2) is 4.79 Å². The smallest absolute Gasteiger partial charge is 0.340 e. The fraction of sp³-hybridized carbons (Fsp3) is 0.138. The lowest BCUT2D eigenvalue weighted by molar-refractivity contribution is 0.0473. The van der Waals surface area contributed by atoms with E-state index in [2.05, 4.69) is 11.1 Å². The van der Waals surface area contributed by atoms with Crippen molar-refractivity contribution in [2.45, 2.75) is 13.0 Å². The molecule has 9 heteroatoms. The van der Waals surface area contributed by atoms with Crippen LogP contribution in [0.5, 0.6) is 11.5 Å². The Bertz CT molecular complexity index is 1560. The van der Waals surface area contributed by atoms with E-state index in [0.717, 1.165) is 17.4 Å². The van der Waals surface area contributed by atoms with Crippen LogP contribution < -0.4 is 8.92 Å². The van der Waals surface area contributed by atoms with Crippen molar-refractivity contribution in [1.29, 1.82) is 5.26 Å². The van der Waals surface area contributed by atoms with Crippen molar-refractivity contribution in [3.8, 4) is 28.8 Å². The highest BCUT2D eigenvalue weighted by atomic mass is 32.2. The number of ether oxygens (including phenoxy) is 2. The predicted octanol–water partition coefficient (Wildman–Crippen LogP) is 4.94. The summed E-state index contributed by atoms with van der Waals surface area (Å²) in [5.41, 5.74) is 3.37. The monoisotopic (exact) mass is 528 g/mol. The number of aromatic nitrogens is 1. The molecule has 192 valence electrons. The summed E-state index contributed by atoms with van der Waals surface area (Å²) in [4.78, 5) is 17.2. The second kappa shape index (κ2) is 12.0. The molecule has 0 amide bonds. The Morgan fingerprint density at radius 1 is 0.947 bits per heavy atom. The molecule has 0 aliphatic carbocycles. The van der Waals surface area contributed by atoms with Gasteiger partial charge in [0.1, 0.15) is 24.2 Å². The summed E-state index contributed by atoms with van der Waals surface area (Å²) >= 11 is 0. The van der Waals surface area contributed by atoms with Crippen molar-refractivity contribution in [2.75, 3.05) is 12.9 Å². The van der Waals surface area contributed by atoms with E-state index in [1.807, 2.05) is 30.3 Å². The lowest BCUT2D eigenvalue weighted by Crippen LogP contribution is -2.08. The van der Waals surface area contributed by atoms with Crippen molar-refractivity contribution in [3.05, 3.63) is 113 Å². The van der Waals surface area contributed by atoms with Crippen LogP contribution in [-0.2, 0) is 27.9 Å². The topological polar surface area (TPSA) is 116 Å². The lowest BCUT2D eigenvalue weighted by Gasteiger charge is -2.12. The van der Waals surface area contributed by atoms with Gasteiger partial charge in [0.15, 0.2) is 0 Å². The third-order valence-corrected chi connectivity index (χ3v) is 5.93. The number of hydrogen-bond acceptors (Lipinski definition) is 8. The van der Waals surface area contributed by atoms with Gasteiger partial charge in [0.2, 0.25) is 0 Å². The van der Waals surface area contributed by atoms with Crippen molar-refractivity contribution >= 4 is 16.1 Å². The van der Waals surface area contributed by atoms with Crippen LogP contribution >= 0.6 is 0 Å². The molecule has 0 aliphatic rings. The Kier molecular flexibility index (Phi) is 8.36. The Balaban J connectivity index is 1.43. The van der Waals surface area contributed by atoms with E-state index < -0.39 is 16.1 Å². The highest BCUT2D eigenvalue weighted by Crippen LogP contribution is 2.28. The zero-order valence-electron chi connectivity index (χ0n) is 20.5. The Morgan fingerprint density at radius 3 is 2.42 bits per heavy atom. The quantitative estimate of drug-likeness (QED) is 0.210. The van der Waals surface area contributed by atoms with Gasteiger partial charge in [-0.2, -0.15) is 13.7 Å². The zero-order chi connectivity index (χ0) is 27.0. The average molecular weight is 529 g/mol. The summed E-state index contributed by atoms with van der Waals surface area (Å²) in [6.07, 6.45) is 3.09. The van der Waals surface area contributed by atoms with E-state index >= 15 is 0 Å². The lowest BCUT2D eigenvalue weighted by atomic mass is 10.0. The fourth-order valence-electron chi connectivity index (χ4n) is 3.66. The number of carbonyl (C=O) groups is 1. The molecule has 0 spiro atoms. The van der Waals surface area contributed by atoms with Gasteiger partial charge in [-0.15, -0.1) is 0 Å². The van der Waals surface area contributed by atoms with Gasteiger partial charge in [0.25, 0.3) is 0 Å². The standard InChI is InChI=1S/C29H24N2O6S/c1-38(33,34)37-25-12-9-21(10-13-25)15-17-35-27-14-11-23(18-24(27)19-30)28-26(8-5-16-31-28)29(32)36-20-22-6-3-2-4-7-22/h2-14,16,18H,15,17,20H2,1H3. The molecule has 4 aromatic rings. The number of benzene rings is 3. The number of rotatable bonds is 10. The molecule has 0 fully saturated rings. The first-order valence-electron chi connectivity index (χ1n) is 11.6. The Labute approximate surface area is 221 Å². The molecule has 8 nitrogen and oxygen atoms in total. The van der Waals surface area contributed by atoms with Gasteiger partial charge in [-0.05, 0) is 53.6 Å². The van der Waals surface area contributed by atoms with Crippen LogP contribution in [-0.4, -0.2) is 32.2 Å². The molecular formula is C29H24N2O6S. The Hall–Kier alpha value is -4.68. The number of esters is 1. The minimum absolute atomic E-state index is 0.137. The van der Waals surface area contributed by atoms with Crippen LogP contribution in [0.3, 0.4) is 0 Å². The molecule has 0 aliphatic heterocycles. The molecule has 0 saturated heterocycles. The van der Waals surface area contributed by atoms with Gasteiger partial charge in [-0.1, -0.05) is 42.5 Å². The molecule has 0 N–H and O–H groups in total. The first-order chi connectivity index (χ1) is 18.3. The highest BCUT2D eigenvalue weighted by molar-refractivity contribution is 7.86. The average Bonchev–Trinajstić information content (AvgIpc) is 2.92. The summed E-state index contributed by atoms with van der Waals surface area (Å²) in [7, 11) is -3.58. The number of carbonyl (C=O) groups excluding carboxylic acids is 1. The molecule has 4 rings (SSSR count). The van der Waals surface area contributed by atoms with Crippen molar-refractivity contribution < 1.29 is 26.9 Å². The second-order valence-electron chi connectivity index (χ2n) is 8.31. The first-order valence-corrected chi connectivity index (χ1v) is 13.5. The van der Waals surface area contributed by atoms with E-state index in [-0.39, 0.29) is 12.4 Å². The predicted molar refractivity (Wildman–Crippen MR) is 141 cm³/mol. The molecule has 1 heterocycles. The van der Waals surface area contributed by atoms with Gasteiger partial charge in [-0.3, -0.25) is 4.98 Å². The summed E-state index contributed by atoms with van der Waals surface area (Å²) in [6.45, 7) is 0.429. The minimum Gasteiger partial charge on any atom is -0.492 e. The largest absolute Gasteiger partial charge is 0.492 e. The molecule has 38 heavy (non-hydrogen) atoms. The molecular weight excluding hydrogens is 504 g/mol. The SMILES string of the molecule is CS(=O)(=O)Oc1ccc(CCOc2ccc(-c3ncccc3C(=O)OCc3ccccc3)cc2C#N)cc1. The molecule has 1 aromatic heterocycles. The maximum atomic E-state index is 12.8. The molecule has 0 unspecified atom stereocenters. The van der Waals surface area contributed by atoms with Crippen molar-refractivity contribution in [2.24, 2.45) is 0 Å². The highest BCUT2D eigenvalue weighted by Gasteiger charge is 2.17. The number of nitrogens with zero attached hydrogens (tertiary/aromatic N) is 2. The van der Waals surface area contributed by atoms with E-state index in [1.165, 1.54) is 0 Å². The minimum atomic E-state index is -3.58. The second-order valence-corrected chi connectivity index (χ2v) is 9.89. The molecule has 0 bridgehead atoms. The third kappa shape index (κ3) is 7.18. The fourth-order valence-corrected chi connectivity index (χ4v) is 4.12. The van der Waals surface area contributed by atoms with Crippen LogP contribution in [0.15, 0.2) is 91.1 Å². The van der Waals surface area contributed by atoms with Crippen LogP contribution in [0.1, 0.15) is 27.0 Å². The van der Waals surface area contributed by atoms with Crippen molar-refractivity contribution in [1.82, 2.24) is 4.98 Å². The number of hydrogen-bond donors (Lipinski definition) is 0. The van der Waals surface area contributed by atoms with E-state index in [9.17, 15) is 18.5 Å². The van der Waals surface area contributed by atoms with E-state index in [1.54, 1.807) is 60.8 Å². The van der Waals surface area contributed by atoms with Gasteiger partial charge >= 0.3 is 16.1 Å². The molecule has 0 saturated carbocycles. The van der Waals surface area contributed by atoms with Crippen LogP contribution in [0.25, 0.3) is 11.3 Å². The third-order valence-electron chi connectivity index (χ3n) is 5.43. The number of nitriles is 1. The van der Waals surface area contributed by atoms with Crippen molar-refractivity contribution in [3.63, 3.8) is 0 Å². The van der Waals surface area contributed by atoms with E-state index in [0.29, 0.717) is 41.2 Å². The summed E-state index contributed by atoms with van der Waals surface area (Å²) in [6, 6.07) is 26.5. The van der Waals surface area contributed by atoms with Gasteiger partial charge < -0.3 is 13.7 Å². The maximum Gasteiger partial charge on any atom is 0.340 e. The number of pyridine rings is 1. The summed E-state index contributed by atoms with van der Waals surface area (Å²) in [5.74, 6) is 0.124. The normalized spacial score (nSPS) is 10.8. The summed E-state index contributed by atoms with van der Waals surface area (Å²) in [5, 5.41) is 9.71. The first kappa shape index (κ1) is 26.4.